The Labute approximate surface area is 109 Å². The SMILES string of the molecule is C=CC(=O)O.C=CC(=O)O.O=C(O)c1ccccc1. The van der Waals surface area contributed by atoms with Gasteiger partial charge in [0.2, 0.25) is 0 Å². The van der Waals surface area contributed by atoms with Crippen LogP contribution in [-0.4, -0.2) is 33.2 Å². The summed E-state index contributed by atoms with van der Waals surface area (Å²) in [4.78, 5) is 28.7. The summed E-state index contributed by atoms with van der Waals surface area (Å²) in [5, 5.41) is 23.6. The molecule has 0 spiro atoms. The van der Waals surface area contributed by atoms with Crippen LogP contribution < -0.4 is 0 Å². The van der Waals surface area contributed by atoms with E-state index in [4.69, 9.17) is 15.3 Å². The van der Waals surface area contributed by atoms with E-state index in [0.29, 0.717) is 5.56 Å². The van der Waals surface area contributed by atoms with Crippen LogP contribution in [0.2, 0.25) is 0 Å². The fourth-order valence-corrected chi connectivity index (χ4v) is 0.581. The lowest BCUT2D eigenvalue weighted by molar-refractivity contribution is -0.132. The number of carbonyl (C=O) groups is 3. The minimum absolute atomic E-state index is 0.331. The molecule has 0 aliphatic carbocycles. The van der Waals surface area contributed by atoms with Gasteiger partial charge in [0.05, 0.1) is 5.56 Å². The maximum atomic E-state index is 10.2. The fourth-order valence-electron chi connectivity index (χ4n) is 0.581. The van der Waals surface area contributed by atoms with Crippen LogP contribution in [0.5, 0.6) is 0 Å². The van der Waals surface area contributed by atoms with E-state index >= 15 is 0 Å². The molecule has 0 atom stereocenters. The third-order valence-corrected chi connectivity index (χ3v) is 1.37. The Bertz CT molecular complexity index is 418. The van der Waals surface area contributed by atoms with Gasteiger partial charge in [-0.25, -0.2) is 14.4 Å². The first-order valence-corrected chi connectivity index (χ1v) is 4.84. The Morgan fingerprint density at radius 2 is 1.16 bits per heavy atom. The molecule has 1 rings (SSSR count). The predicted octanol–water partition coefficient (Wildman–Crippen LogP) is 1.90. The summed E-state index contributed by atoms with van der Waals surface area (Å²) in [5.41, 5.74) is 0.331. The monoisotopic (exact) mass is 266 g/mol. The number of hydrogen-bond acceptors (Lipinski definition) is 3. The zero-order valence-electron chi connectivity index (χ0n) is 10.0. The van der Waals surface area contributed by atoms with Crippen molar-refractivity contribution in [3.05, 3.63) is 61.2 Å². The first-order chi connectivity index (χ1) is 8.84. The molecular weight excluding hydrogens is 252 g/mol. The average Bonchev–Trinajstić information content (AvgIpc) is 2.41. The highest BCUT2D eigenvalue weighted by molar-refractivity contribution is 5.87. The molecule has 0 saturated carbocycles. The van der Waals surface area contributed by atoms with Crippen molar-refractivity contribution in [2.75, 3.05) is 0 Å². The summed E-state index contributed by atoms with van der Waals surface area (Å²) in [6, 6.07) is 8.30. The van der Waals surface area contributed by atoms with Gasteiger partial charge in [0.1, 0.15) is 0 Å². The number of benzene rings is 1. The normalized spacial score (nSPS) is 7.58. The van der Waals surface area contributed by atoms with Gasteiger partial charge in [0, 0.05) is 12.2 Å². The Hall–Kier alpha value is -2.89. The molecule has 0 fully saturated rings. The Morgan fingerprint density at radius 1 is 0.842 bits per heavy atom. The summed E-state index contributed by atoms with van der Waals surface area (Å²) in [7, 11) is 0. The first-order valence-electron chi connectivity index (χ1n) is 4.84. The van der Waals surface area contributed by atoms with Crippen molar-refractivity contribution in [2.24, 2.45) is 0 Å². The van der Waals surface area contributed by atoms with Gasteiger partial charge in [-0.15, -0.1) is 0 Å². The molecule has 0 aliphatic rings. The summed E-state index contributed by atoms with van der Waals surface area (Å²) < 4.78 is 0. The molecule has 19 heavy (non-hydrogen) atoms. The lowest BCUT2D eigenvalue weighted by Crippen LogP contribution is -1.93. The number of aromatic carboxylic acids is 1. The number of aliphatic carboxylic acids is 2. The molecule has 102 valence electrons. The van der Waals surface area contributed by atoms with Gasteiger partial charge < -0.3 is 15.3 Å². The van der Waals surface area contributed by atoms with Crippen LogP contribution in [0.25, 0.3) is 0 Å². The second-order valence-electron chi connectivity index (χ2n) is 2.76. The molecule has 0 radical (unpaired) electrons. The van der Waals surface area contributed by atoms with E-state index in [1.807, 2.05) is 0 Å². The third-order valence-electron chi connectivity index (χ3n) is 1.37. The van der Waals surface area contributed by atoms with Crippen molar-refractivity contribution in [2.45, 2.75) is 0 Å². The average molecular weight is 266 g/mol. The van der Waals surface area contributed by atoms with Crippen molar-refractivity contribution in [1.82, 2.24) is 0 Å². The van der Waals surface area contributed by atoms with Crippen molar-refractivity contribution in [3.63, 3.8) is 0 Å². The molecule has 1 aromatic rings. The molecule has 0 amide bonds. The van der Waals surface area contributed by atoms with Crippen molar-refractivity contribution >= 4 is 17.9 Å². The molecule has 1 aromatic carbocycles. The van der Waals surface area contributed by atoms with Gasteiger partial charge in [0.25, 0.3) is 0 Å². The maximum absolute atomic E-state index is 10.2. The van der Waals surface area contributed by atoms with Crippen molar-refractivity contribution < 1.29 is 29.7 Å². The van der Waals surface area contributed by atoms with E-state index in [1.165, 1.54) is 0 Å². The number of rotatable bonds is 3. The Balaban J connectivity index is 0. The van der Waals surface area contributed by atoms with Gasteiger partial charge in [0.15, 0.2) is 0 Å². The molecule has 0 saturated heterocycles. The molecule has 0 aliphatic heterocycles. The molecule has 6 heteroatoms. The Morgan fingerprint density at radius 3 is 1.32 bits per heavy atom. The molecule has 0 aromatic heterocycles. The van der Waals surface area contributed by atoms with Gasteiger partial charge in [-0.05, 0) is 12.1 Å². The summed E-state index contributed by atoms with van der Waals surface area (Å²) in [6.07, 6.45) is 1.67. The fraction of sp³-hybridized carbons (Fsp3) is 0. The maximum Gasteiger partial charge on any atom is 0.335 e. The predicted molar refractivity (Wildman–Crippen MR) is 69.1 cm³/mol. The largest absolute Gasteiger partial charge is 0.478 e. The Kier molecular flexibility index (Phi) is 11.3. The lowest BCUT2D eigenvalue weighted by Gasteiger charge is -1.88. The standard InChI is InChI=1S/C7H6O2.2C3H4O2/c8-7(9)6-4-2-1-3-5-6;2*1-2-3(4)5/h1-5H,(H,8,9);2*2H,1H2,(H,4,5). The third kappa shape index (κ3) is 15.1. The highest BCUT2D eigenvalue weighted by atomic mass is 16.4. The van der Waals surface area contributed by atoms with Crippen LogP contribution in [0.1, 0.15) is 10.4 Å². The van der Waals surface area contributed by atoms with E-state index in [1.54, 1.807) is 30.3 Å². The van der Waals surface area contributed by atoms with Crippen LogP contribution in [0.3, 0.4) is 0 Å². The van der Waals surface area contributed by atoms with Crippen LogP contribution >= 0.6 is 0 Å². The van der Waals surface area contributed by atoms with Crippen LogP contribution in [0.4, 0.5) is 0 Å². The van der Waals surface area contributed by atoms with E-state index in [9.17, 15) is 14.4 Å². The smallest absolute Gasteiger partial charge is 0.335 e. The molecule has 0 unspecified atom stereocenters. The molecular formula is C13H14O6. The number of hydrogen-bond donors (Lipinski definition) is 3. The second-order valence-corrected chi connectivity index (χ2v) is 2.76. The van der Waals surface area contributed by atoms with Gasteiger partial charge in [-0.2, -0.15) is 0 Å². The highest BCUT2D eigenvalue weighted by Gasteiger charge is 1.96. The number of carboxylic acids is 3. The van der Waals surface area contributed by atoms with Crippen molar-refractivity contribution in [1.29, 1.82) is 0 Å². The van der Waals surface area contributed by atoms with Crippen molar-refractivity contribution in [3.8, 4) is 0 Å². The molecule has 6 nitrogen and oxygen atoms in total. The molecule has 0 bridgehead atoms. The van der Waals surface area contributed by atoms with Crippen LogP contribution in [0, 0.1) is 0 Å². The molecule has 0 heterocycles. The summed E-state index contributed by atoms with van der Waals surface area (Å²) in [5.74, 6) is -2.84. The van der Waals surface area contributed by atoms with Crippen LogP contribution in [0.15, 0.2) is 55.6 Å². The number of carboxylic acid groups (broad SMARTS) is 3. The zero-order valence-corrected chi connectivity index (χ0v) is 10.0. The first kappa shape index (κ1) is 18.5. The summed E-state index contributed by atoms with van der Waals surface area (Å²) in [6.45, 7) is 5.92. The van der Waals surface area contributed by atoms with E-state index in [0.717, 1.165) is 12.2 Å². The lowest BCUT2D eigenvalue weighted by atomic mass is 10.2. The van der Waals surface area contributed by atoms with Crippen LogP contribution in [-0.2, 0) is 9.59 Å². The zero-order chi connectivity index (χ0) is 15.3. The minimum atomic E-state index is -0.981. The van der Waals surface area contributed by atoms with E-state index in [2.05, 4.69) is 13.2 Å². The second kappa shape index (κ2) is 11.6. The van der Waals surface area contributed by atoms with Gasteiger partial charge in [-0.3, -0.25) is 0 Å². The minimum Gasteiger partial charge on any atom is -0.478 e. The summed E-state index contributed by atoms with van der Waals surface area (Å²) >= 11 is 0. The van der Waals surface area contributed by atoms with E-state index in [-0.39, 0.29) is 0 Å². The highest BCUT2D eigenvalue weighted by Crippen LogP contribution is 1.96. The quantitative estimate of drug-likeness (QED) is 0.720. The molecule has 3 N–H and O–H groups in total. The van der Waals surface area contributed by atoms with E-state index < -0.39 is 17.9 Å². The van der Waals surface area contributed by atoms with Gasteiger partial charge in [-0.1, -0.05) is 31.4 Å². The van der Waals surface area contributed by atoms with Gasteiger partial charge >= 0.3 is 17.9 Å². The topological polar surface area (TPSA) is 112 Å².